The largest absolute Gasteiger partial charge is 0.340 e. The molecule has 0 radical (unpaired) electrons. The molecule has 1 N–H and O–H groups in total. The number of alkyl halides is 2. The van der Waals surface area contributed by atoms with Crippen molar-refractivity contribution >= 4 is 5.91 Å². The fourth-order valence-electron chi connectivity index (χ4n) is 1.15. The zero-order valence-corrected chi connectivity index (χ0v) is 7.91. The summed E-state index contributed by atoms with van der Waals surface area (Å²) in [6.45, 7) is -0.412. The van der Waals surface area contributed by atoms with Crippen LogP contribution in [0.25, 0.3) is 0 Å². The van der Waals surface area contributed by atoms with E-state index in [9.17, 15) is 13.6 Å². The second-order valence-corrected chi connectivity index (χ2v) is 2.82. The third-order valence-electron chi connectivity index (χ3n) is 1.75. The lowest BCUT2D eigenvalue weighted by molar-refractivity contribution is 0.0935. The highest BCUT2D eigenvalue weighted by Crippen LogP contribution is 2.06. The Kier molecular flexibility index (Phi) is 3.86. The third kappa shape index (κ3) is 3.09. The molecule has 1 aromatic rings. The van der Waals surface area contributed by atoms with Gasteiger partial charge in [-0.3, -0.25) is 4.79 Å². The predicted molar refractivity (Wildman–Crippen MR) is 51.6 cm³/mol. The zero-order chi connectivity index (χ0) is 11.3. The molecule has 0 unspecified atom stereocenters. The molecule has 3 nitrogen and oxygen atoms in total. The predicted octanol–water partition coefficient (Wildman–Crippen LogP) is 1.12. The molecule has 0 aliphatic heterocycles. The number of hydrogen-bond acceptors (Lipinski definition) is 1. The van der Waals surface area contributed by atoms with E-state index in [1.165, 1.54) is 22.9 Å². The van der Waals surface area contributed by atoms with Crippen LogP contribution in [0.5, 0.6) is 0 Å². The maximum atomic E-state index is 12.1. The molecule has 0 bridgehead atoms. The van der Waals surface area contributed by atoms with Crippen molar-refractivity contribution in [3.63, 3.8) is 0 Å². The zero-order valence-electron chi connectivity index (χ0n) is 7.91. The van der Waals surface area contributed by atoms with E-state index in [-0.39, 0.29) is 12.2 Å². The van der Waals surface area contributed by atoms with Crippen LogP contribution >= 0.6 is 0 Å². The van der Waals surface area contributed by atoms with Crippen LogP contribution in [0.2, 0.25) is 0 Å². The fraction of sp³-hybridized carbons (Fsp3) is 0.300. The Bertz CT molecular complexity index is 379. The topological polar surface area (TPSA) is 34.0 Å². The Morgan fingerprint density at radius 1 is 1.67 bits per heavy atom. The molecule has 0 aliphatic carbocycles. The Morgan fingerprint density at radius 2 is 2.40 bits per heavy atom. The number of rotatable bonds is 4. The van der Waals surface area contributed by atoms with E-state index < -0.39 is 18.9 Å². The molecule has 0 spiro atoms. The SMILES string of the molecule is C#CCNC(=O)c1cccn1CC(F)F. The molecular formula is C10H10F2N2O. The summed E-state index contributed by atoms with van der Waals surface area (Å²) in [5.41, 5.74) is 0.186. The van der Waals surface area contributed by atoms with Gasteiger partial charge in [-0.25, -0.2) is 8.78 Å². The Balaban J connectivity index is 2.72. The van der Waals surface area contributed by atoms with Gasteiger partial charge >= 0.3 is 0 Å². The van der Waals surface area contributed by atoms with Crippen LogP contribution in [0.1, 0.15) is 10.5 Å². The van der Waals surface area contributed by atoms with Crippen molar-refractivity contribution in [3.8, 4) is 12.3 Å². The van der Waals surface area contributed by atoms with Gasteiger partial charge in [-0.2, -0.15) is 0 Å². The van der Waals surface area contributed by atoms with Gasteiger partial charge < -0.3 is 9.88 Å². The average molecular weight is 212 g/mol. The van der Waals surface area contributed by atoms with Gasteiger partial charge in [0.05, 0.1) is 13.1 Å². The molecule has 1 aromatic heterocycles. The van der Waals surface area contributed by atoms with Crippen LogP contribution in [0.4, 0.5) is 8.78 Å². The van der Waals surface area contributed by atoms with Crippen LogP contribution in [0, 0.1) is 12.3 Å². The molecular weight excluding hydrogens is 202 g/mol. The van der Waals surface area contributed by atoms with Crippen molar-refractivity contribution in [3.05, 3.63) is 24.0 Å². The molecule has 5 heteroatoms. The first-order chi connectivity index (χ1) is 7.15. The number of carbonyl (C=O) groups is 1. The third-order valence-corrected chi connectivity index (χ3v) is 1.75. The minimum Gasteiger partial charge on any atom is -0.340 e. The van der Waals surface area contributed by atoms with Crippen molar-refractivity contribution in [2.45, 2.75) is 13.0 Å². The van der Waals surface area contributed by atoms with Gasteiger partial charge in [-0.05, 0) is 12.1 Å². The molecule has 0 aromatic carbocycles. The summed E-state index contributed by atoms with van der Waals surface area (Å²) in [4.78, 5) is 11.4. The lowest BCUT2D eigenvalue weighted by atomic mass is 10.4. The van der Waals surface area contributed by atoms with Crippen LogP contribution < -0.4 is 5.32 Å². The highest BCUT2D eigenvalue weighted by atomic mass is 19.3. The normalized spacial score (nSPS) is 10.0. The number of amides is 1. The summed E-state index contributed by atoms with van der Waals surface area (Å²) in [5.74, 6) is 1.79. The van der Waals surface area contributed by atoms with E-state index in [0.717, 1.165) is 0 Å². The lowest BCUT2D eigenvalue weighted by Gasteiger charge is -2.07. The minimum absolute atomic E-state index is 0.0820. The smallest absolute Gasteiger partial charge is 0.268 e. The molecule has 1 amide bonds. The first-order valence-electron chi connectivity index (χ1n) is 4.30. The molecule has 1 heterocycles. The second-order valence-electron chi connectivity index (χ2n) is 2.82. The Morgan fingerprint density at radius 3 is 3.00 bits per heavy atom. The summed E-state index contributed by atoms with van der Waals surface area (Å²) >= 11 is 0. The molecule has 0 fully saturated rings. The number of nitrogens with zero attached hydrogens (tertiary/aromatic N) is 1. The number of halogens is 2. The molecule has 0 aliphatic rings. The van der Waals surface area contributed by atoms with Gasteiger partial charge in [0.25, 0.3) is 12.3 Å². The van der Waals surface area contributed by atoms with Crippen molar-refractivity contribution in [2.24, 2.45) is 0 Å². The first kappa shape index (κ1) is 11.2. The molecule has 0 saturated carbocycles. The highest BCUT2D eigenvalue weighted by molar-refractivity contribution is 5.92. The van der Waals surface area contributed by atoms with Crippen LogP contribution in [0.3, 0.4) is 0 Å². The quantitative estimate of drug-likeness (QED) is 0.745. The first-order valence-corrected chi connectivity index (χ1v) is 4.30. The summed E-state index contributed by atoms with van der Waals surface area (Å²) in [6, 6.07) is 3.00. The number of nitrogens with one attached hydrogen (secondary N) is 1. The van der Waals surface area contributed by atoms with Crippen LogP contribution in [-0.4, -0.2) is 23.4 Å². The van der Waals surface area contributed by atoms with E-state index >= 15 is 0 Å². The fourth-order valence-corrected chi connectivity index (χ4v) is 1.15. The second kappa shape index (κ2) is 5.15. The molecule has 0 atom stereocenters. The van der Waals surface area contributed by atoms with E-state index in [0.29, 0.717) is 0 Å². The Labute approximate surface area is 86.1 Å². The van der Waals surface area contributed by atoms with Crippen molar-refractivity contribution < 1.29 is 13.6 Å². The number of terminal acetylenes is 1. The molecule has 0 saturated heterocycles. The van der Waals surface area contributed by atoms with Crippen LogP contribution in [0.15, 0.2) is 18.3 Å². The average Bonchev–Trinajstić information content (AvgIpc) is 2.61. The standard InChI is InChI=1S/C10H10F2N2O/c1-2-5-13-10(15)8-4-3-6-14(8)7-9(11)12/h1,3-4,6,9H,5,7H2,(H,13,15). The highest BCUT2D eigenvalue weighted by Gasteiger charge is 2.12. The van der Waals surface area contributed by atoms with E-state index in [4.69, 9.17) is 6.42 Å². The summed E-state index contributed by atoms with van der Waals surface area (Å²) in [5, 5.41) is 2.41. The van der Waals surface area contributed by atoms with Crippen molar-refractivity contribution in [2.75, 3.05) is 6.54 Å². The van der Waals surface area contributed by atoms with Crippen molar-refractivity contribution in [1.29, 1.82) is 0 Å². The molecule has 1 rings (SSSR count). The van der Waals surface area contributed by atoms with Gasteiger partial charge in [0, 0.05) is 6.20 Å². The molecule has 80 valence electrons. The van der Waals surface area contributed by atoms with Gasteiger partial charge in [0.2, 0.25) is 0 Å². The van der Waals surface area contributed by atoms with Crippen molar-refractivity contribution in [1.82, 2.24) is 9.88 Å². The molecule has 15 heavy (non-hydrogen) atoms. The van der Waals surface area contributed by atoms with E-state index in [1.54, 1.807) is 0 Å². The lowest BCUT2D eigenvalue weighted by Crippen LogP contribution is -2.26. The maximum absolute atomic E-state index is 12.1. The van der Waals surface area contributed by atoms with Crippen LogP contribution in [-0.2, 0) is 6.54 Å². The van der Waals surface area contributed by atoms with E-state index in [1.807, 2.05) is 0 Å². The van der Waals surface area contributed by atoms with Gasteiger partial charge in [-0.15, -0.1) is 6.42 Å². The van der Waals surface area contributed by atoms with Gasteiger partial charge in [0.1, 0.15) is 5.69 Å². The maximum Gasteiger partial charge on any atom is 0.268 e. The number of hydrogen-bond donors (Lipinski definition) is 1. The monoisotopic (exact) mass is 212 g/mol. The number of carbonyl (C=O) groups excluding carboxylic acids is 1. The summed E-state index contributed by atoms with van der Waals surface area (Å²) in [7, 11) is 0. The number of aromatic nitrogens is 1. The summed E-state index contributed by atoms with van der Waals surface area (Å²) < 4.78 is 25.4. The Hall–Kier alpha value is -1.83. The summed E-state index contributed by atoms with van der Waals surface area (Å²) in [6.07, 6.45) is 3.90. The van der Waals surface area contributed by atoms with Gasteiger partial charge in [-0.1, -0.05) is 5.92 Å². The van der Waals surface area contributed by atoms with E-state index in [2.05, 4.69) is 11.2 Å². The minimum atomic E-state index is -2.49. The van der Waals surface area contributed by atoms with Gasteiger partial charge in [0.15, 0.2) is 0 Å².